The van der Waals surface area contributed by atoms with Crippen LogP contribution in [0.15, 0.2) is 387 Å². The summed E-state index contributed by atoms with van der Waals surface area (Å²) in [5, 5.41) is 0. The van der Waals surface area contributed by atoms with E-state index in [4.69, 9.17) is 0 Å². The second kappa shape index (κ2) is 41.3. The van der Waals surface area contributed by atoms with Gasteiger partial charge >= 0.3 is 0 Å². The Labute approximate surface area is 814 Å². The first-order chi connectivity index (χ1) is 67.8. The Kier molecular flexibility index (Phi) is 27.1. The van der Waals surface area contributed by atoms with Crippen LogP contribution in [-0.4, -0.2) is 81.0 Å². The van der Waals surface area contributed by atoms with Crippen molar-refractivity contribution in [3.63, 3.8) is 0 Å². The van der Waals surface area contributed by atoms with E-state index in [1.54, 1.807) is 67.2 Å². The molecule has 0 bridgehead atoms. The lowest BCUT2D eigenvalue weighted by molar-refractivity contribution is 0.590. The van der Waals surface area contributed by atoms with Gasteiger partial charge in [-0.05, 0) is 230 Å². The molecule has 0 unspecified atom stereocenters. The largest absolute Gasteiger partial charge is 0.306 e. The number of hydrogen-bond acceptors (Lipinski definition) is 16. The van der Waals surface area contributed by atoms with E-state index in [0.717, 1.165) is 184 Å². The summed E-state index contributed by atoms with van der Waals surface area (Å²) in [6.07, 6.45) is 30.2. The summed E-state index contributed by atoms with van der Waals surface area (Å²) in [4.78, 5) is 62.7. The van der Waals surface area contributed by atoms with E-state index >= 15 is 0 Å². The van der Waals surface area contributed by atoms with Crippen LogP contribution in [0.2, 0.25) is 0 Å². The molecule has 2 aliphatic heterocycles. The fourth-order valence-electron chi connectivity index (χ4n) is 17.0. The van der Waals surface area contributed by atoms with Crippen LogP contribution in [0.4, 0.5) is 8.78 Å². The second-order valence-electron chi connectivity index (χ2n) is 35.4. The summed E-state index contributed by atoms with van der Waals surface area (Å²) in [5.41, 5.74) is 43.5. The quantitative estimate of drug-likeness (QED) is 0.106. The SMILES string of the molecule is CC(C)(C)c1cccc(-c2ncccc2-c2cnc3c(c2)C=NC3)c1.CC(C)c1cccc(-c2ncccc2-c2cnc3c(c2)C=NC3)c1.Cc1cc(-c2ncccc2-c2ccc3nccn3c2)ccc1F.Cc1cc(-c2ncccc2-c2ccc3scnc3c2)ccc1F.Cc1cccc(-c2ncccc2-c2ccc3nccn3c2)c1.Cc1cccc(-c2ncccc2-c2ccc3scnc3c2)c1. The third-order valence-electron chi connectivity index (χ3n) is 24.4. The minimum absolute atomic E-state index is 0.108. The third-order valence-corrected chi connectivity index (χ3v) is 26.0. The van der Waals surface area contributed by atoms with Crippen LogP contribution >= 0.6 is 22.7 Å². The third kappa shape index (κ3) is 20.9. The van der Waals surface area contributed by atoms with Crippen molar-refractivity contribution in [2.45, 2.75) is 86.7 Å². The van der Waals surface area contributed by atoms with Gasteiger partial charge in [0.2, 0.25) is 0 Å². The van der Waals surface area contributed by atoms with Crippen molar-refractivity contribution in [2.75, 3.05) is 0 Å². The number of hydrogen-bond donors (Lipinski definition) is 0. The molecule has 16 heterocycles. The number of thiazole rings is 2. The number of pyridine rings is 10. The summed E-state index contributed by atoms with van der Waals surface area (Å²) in [5.74, 6) is 0.0937. The van der Waals surface area contributed by atoms with Crippen molar-refractivity contribution in [1.82, 2.24) is 68.6 Å². The summed E-state index contributed by atoms with van der Waals surface area (Å²) in [6, 6.07) is 93.8. The average molecular weight is 1850 g/mol. The Hall–Kier alpha value is -16.7. The first-order valence-corrected chi connectivity index (χ1v) is 47.7. The van der Waals surface area contributed by atoms with Crippen molar-refractivity contribution < 1.29 is 8.78 Å². The molecule has 20 heteroatoms. The van der Waals surface area contributed by atoms with E-state index in [9.17, 15) is 8.78 Å². The van der Waals surface area contributed by atoms with Crippen molar-refractivity contribution in [1.29, 1.82) is 0 Å². The van der Waals surface area contributed by atoms with E-state index in [-0.39, 0.29) is 17.0 Å². The maximum atomic E-state index is 13.5. The molecule has 24 rings (SSSR count). The number of aliphatic imine (C=N–C) groups is 2. The van der Waals surface area contributed by atoms with Crippen LogP contribution < -0.4 is 0 Å². The van der Waals surface area contributed by atoms with Gasteiger partial charge < -0.3 is 8.80 Å². The minimum atomic E-state index is -0.203. The van der Waals surface area contributed by atoms with Crippen molar-refractivity contribution in [3.05, 3.63) is 444 Å². The van der Waals surface area contributed by atoms with Crippen LogP contribution in [0.3, 0.4) is 0 Å². The Bertz CT molecular complexity index is 7980. The summed E-state index contributed by atoms with van der Waals surface area (Å²) >= 11 is 3.29. The standard InChI is InChI=1S/C22H21N3.C21H19N3.C19H14FN3.C19H13FN2S.C19H15N3.C19H14N2S/c1-22(2,3)18-7-4-6-15(11-18)21-19(8-5-9-24-21)16-10-17-12-23-14-20(17)25-13-16;1-14(2)15-5-3-6-16(9-15)21-19(7-4-8-23-21)17-10-18-11-22-13-20(18)24-12-17;1-13-11-14(4-6-17(13)20)19-16(3-2-8-22-19)15-5-7-18-21-9-10-23(18)12-15;1-12-9-14(4-6-16(12)20)19-15(3-2-8-21-19)13-5-7-18-17(10-13)22-11-23-18;1-14-4-2-5-15(12-14)19-17(6-3-9-21-19)16-7-8-18-20-10-11-22(18)13-16;1-13-4-2-5-15(10-13)19-16(6-3-9-20-19)14-7-8-18-17(11-14)21-12-22-18/h4-13H,14H2,1-3H3;3-12,14H,13H2,1-2H3;2-12H,1H3;2-11H,1H3;2-13H,1H3;2-12H,1H3. The van der Waals surface area contributed by atoms with Crippen molar-refractivity contribution in [3.8, 4) is 134 Å². The summed E-state index contributed by atoms with van der Waals surface area (Å²) in [7, 11) is 0. The Morgan fingerprint density at radius 1 is 0.309 bits per heavy atom. The molecule has 0 radical (unpaired) electrons. The molecule has 139 heavy (non-hydrogen) atoms. The Balaban J connectivity index is 0.000000106. The highest BCUT2D eigenvalue weighted by Crippen LogP contribution is 2.41. The maximum absolute atomic E-state index is 13.5. The second-order valence-corrected chi connectivity index (χ2v) is 37.2. The lowest BCUT2D eigenvalue weighted by Gasteiger charge is -2.20. The molecule has 0 saturated carbocycles. The molecule has 0 amide bonds. The molecule has 0 fully saturated rings. The van der Waals surface area contributed by atoms with Crippen LogP contribution in [0, 0.1) is 39.3 Å². The first kappa shape index (κ1) is 91.4. The van der Waals surface area contributed by atoms with E-state index in [1.807, 2.05) is 173 Å². The smallest absolute Gasteiger partial charge is 0.136 e. The zero-order valence-corrected chi connectivity index (χ0v) is 79.8. The molecule has 0 atom stereocenters. The van der Waals surface area contributed by atoms with Crippen molar-refractivity contribution >= 4 is 66.8 Å². The number of nitrogens with zero attached hydrogens (tertiary/aromatic N) is 16. The molecule has 16 nitrogen and oxygen atoms in total. The van der Waals surface area contributed by atoms with Gasteiger partial charge in [-0.1, -0.05) is 167 Å². The highest BCUT2D eigenvalue weighted by Gasteiger charge is 2.22. The number of benzene rings is 8. The molecule has 2 aliphatic rings. The van der Waals surface area contributed by atoms with E-state index < -0.39 is 0 Å². The molecule has 0 aliphatic carbocycles. The van der Waals surface area contributed by atoms with Gasteiger partial charge in [0.1, 0.15) is 22.9 Å². The fourth-order valence-corrected chi connectivity index (χ4v) is 18.3. The summed E-state index contributed by atoms with van der Waals surface area (Å²) in [6.45, 7) is 20.2. The molecule has 0 saturated heterocycles. The number of aryl methyl sites for hydroxylation is 4. The Morgan fingerprint density at radius 2 is 0.669 bits per heavy atom. The molecule has 0 spiro atoms. The van der Waals surface area contributed by atoms with E-state index in [1.165, 1.54) is 39.1 Å². The van der Waals surface area contributed by atoms with Crippen LogP contribution in [0.25, 0.3) is 166 Å². The van der Waals surface area contributed by atoms with E-state index in [2.05, 4.69) is 300 Å². The van der Waals surface area contributed by atoms with E-state index in [0.29, 0.717) is 30.1 Å². The zero-order valence-electron chi connectivity index (χ0n) is 78.2. The molecule has 22 aromatic rings. The number of fused-ring (bicyclic) bond motifs is 6. The predicted octanol–water partition coefficient (Wildman–Crippen LogP) is 29.6. The highest BCUT2D eigenvalue weighted by molar-refractivity contribution is 7.17. The van der Waals surface area contributed by atoms with Gasteiger partial charge in [-0.15, -0.1) is 22.7 Å². The first-order valence-electron chi connectivity index (χ1n) is 45.9. The van der Waals surface area contributed by atoms with Gasteiger partial charge in [-0.2, -0.15) is 0 Å². The molecule has 8 aromatic carbocycles. The average Bonchev–Trinajstić information content (AvgIpc) is 1.81. The van der Waals surface area contributed by atoms with Crippen LogP contribution in [-0.2, 0) is 18.5 Å². The normalized spacial score (nSPS) is 11.7. The summed E-state index contributed by atoms with van der Waals surface area (Å²) < 4.78 is 33.5. The number of imidazole rings is 2. The van der Waals surface area contributed by atoms with Crippen LogP contribution in [0.5, 0.6) is 0 Å². The Morgan fingerprint density at radius 3 is 1.06 bits per heavy atom. The van der Waals surface area contributed by atoms with Crippen LogP contribution in [0.1, 0.15) is 96.4 Å². The molecule has 0 N–H and O–H groups in total. The number of aromatic nitrogens is 14. The van der Waals surface area contributed by atoms with Gasteiger partial charge in [-0.3, -0.25) is 49.9 Å². The lowest BCUT2D eigenvalue weighted by Crippen LogP contribution is -2.10. The molecular weight excluding hydrogens is 1760 g/mol. The monoisotopic (exact) mass is 1850 g/mol. The van der Waals surface area contributed by atoms with Gasteiger partial charge in [-0.25, -0.2) is 28.7 Å². The molecular formula is C119H96F2N16S2. The predicted molar refractivity (Wildman–Crippen MR) is 564 cm³/mol. The minimum Gasteiger partial charge on any atom is -0.306 e. The van der Waals surface area contributed by atoms with Gasteiger partial charge in [0.05, 0.1) is 90.1 Å². The number of rotatable bonds is 13. The zero-order chi connectivity index (χ0) is 95.5. The van der Waals surface area contributed by atoms with Gasteiger partial charge in [0.15, 0.2) is 0 Å². The topological polar surface area (TPSA) is 188 Å². The fraction of sp³-hybridized carbons (Fsp3) is 0.109. The number of halogens is 2. The van der Waals surface area contributed by atoms with Gasteiger partial charge in [0.25, 0.3) is 0 Å². The highest BCUT2D eigenvalue weighted by atomic mass is 32.1. The lowest BCUT2D eigenvalue weighted by atomic mass is 9.85. The maximum Gasteiger partial charge on any atom is 0.136 e. The van der Waals surface area contributed by atoms with Crippen molar-refractivity contribution in [2.24, 2.45) is 9.98 Å². The molecule has 678 valence electrons. The molecule has 14 aromatic heterocycles. The van der Waals surface area contributed by atoms with Gasteiger partial charge in [0, 0.05) is 199 Å².